The number of amides is 1. The van der Waals surface area contributed by atoms with Crippen molar-refractivity contribution in [2.45, 2.75) is 4.90 Å². The van der Waals surface area contributed by atoms with E-state index in [9.17, 15) is 4.79 Å². The molecule has 2 rings (SSSR count). The Kier molecular flexibility index (Phi) is 4.56. The second-order valence-corrected chi connectivity index (χ2v) is 5.50. The van der Waals surface area contributed by atoms with Gasteiger partial charge in [0.2, 0.25) is 0 Å². The van der Waals surface area contributed by atoms with Gasteiger partial charge in [-0.3, -0.25) is 4.79 Å². The molecule has 0 radical (unpaired) electrons. The second-order valence-electron chi connectivity index (χ2n) is 3.35. The smallest absolute Gasteiger partial charge is 0.292 e. The topological polar surface area (TPSA) is 29.5 Å². The molecule has 1 aromatic carbocycles. The van der Waals surface area contributed by atoms with Crippen molar-refractivity contribution in [1.82, 2.24) is 4.90 Å². The summed E-state index contributed by atoms with van der Waals surface area (Å²) in [4.78, 5) is 14.7. The minimum absolute atomic E-state index is 0.122. The number of morpholine rings is 1. The SMILES string of the molecule is O=C(SSc1ccccc1)N1CCOCC1. The number of hydrogen-bond acceptors (Lipinski definition) is 4. The van der Waals surface area contributed by atoms with E-state index in [1.165, 1.54) is 21.6 Å². The zero-order chi connectivity index (χ0) is 11.2. The van der Waals surface area contributed by atoms with Crippen molar-refractivity contribution in [3.63, 3.8) is 0 Å². The van der Waals surface area contributed by atoms with E-state index in [1.807, 2.05) is 35.2 Å². The van der Waals surface area contributed by atoms with E-state index in [1.54, 1.807) is 0 Å². The van der Waals surface area contributed by atoms with Gasteiger partial charge in [-0.1, -0.05) is 18.2 Å². The molecule has 0 aromatic heterocycles. The number of carbonyl (C=O) groups excluding carboxylic acids is 1. The van der Waals surface area contributed by atoms with E-state index in [2.05, 4.69) is 0 Å². The molecule has 1 amide bonds. The molecule has 1 heterocycles. The van der Waals surface area contributed by atoms with E-state index in [0.29, 0.717) is 26.3 Å². The van der Waals surface area contributed by atoms with Crippen LogP contribution in [0.4, 0.5) is 4.79 Å². The van der Waals surface area contributed by atoms with Gasteiger partial charge in [0.25, 0.3) is 5.24 Å². The van der Waals surface area contributed by atoms with Crippen LogP contribution in [0.2, 0.25) is 0 Å². The Morgan fingerprint density at radius 2 is 1.88 bits per heavy atom. The molecule has 0 unspecified atom stereocenters. The summed E-state index contributed by atoms with van der Waals surface area (Å²) in [5.41, 5.74) is 0. The van der Waals surface area contributed by atoms with Crippen LogP contribution in [0, 0.1) is 0 Å². The van der Waals surface area contributed by atoms with E-state index >= 15 is 0 Å². The summed E-state index contributed by atoms with van der Waals surface area (Å²) in [5, 5.41) is 0.122. The standard InChI is InChI=1S/C11H13NO2S2/c13-11(12-6-8-14-9-7-12)16-15-10-4-2-1-3-5-10/h1-5H,6-9H2. The summed E-state index contributed by atoms with van der Waals surface area (Å²) in [6.45, 7) is 2.73. The minimum atomic E-state index is 0.122. The van der Waals surface area contributed by atoms with Crippen LogP contribution in [0.1, 0.15) is 0 Å². The van der Waals surface area contributed by atoms with Gasteiger partial charge in [0, 0.05) is 28.8 Å². The average Bonchev–Trinajstić information content (AvgIpc) is 2.38. The number of ether oxygens (including phenoxy) is 1. The molecule has 16 heavy (non-hydrogen) atoms. The number of hydrogen-bond donors (Lipinski definition) is 0. The predicted octanol–water partition coefficient (Wildman–Crippen LogP) is 2.88. The highest BCUT2D eigenvalue weighted by atomic mass is 33.1. The van der Waals surface area contributed by atoms with Gasteiger partial charge in [-0.25, -0.2) is 0 Å². The van der Waals surface area contributed by atoms with Crippen molar-refractivity contribution in [2.24, 2.45) is 0 Å². The number of carbonyl (C=O) groups is 1. The molecule has 0 N–H and O–H groups in total. The van der Waals surface area contributed by atoms with Gasteiger partial charge in [0.05, 0.1) is 13.2 Å². The molecule has 1 fully saturated rings. The Bertz CT molecular complexity index is 339. The normalized spacial score (nSPS) is 16.1. The molecule has 1 aromatic rings. The Labute approximate surface area is 103 Å². The van der Waals surface area contributed by atoms with Crippen molar-refractivity contribution in [3.05, 3.63) is 30.3 Å². The van der Waals surface area contributed by atoms with Crippen molar-refractivity contribution in [1.29, 1.82) is 0 Å². The first-order valence-electron chi connectivity index (χ1n) is 5.12. The molecule has 0 spiro atoms. The lowest BCUT2D eigenvalue weighted by atomic mass is 10.4. The van der Waals surface area contributed by atoms with Crippen LogP contribution < -0.4 is 0 Å². The van der Waals surface area contributed by atoms with Crippen LogP contribution in [0.15, 0.2) is 35.2 Å². The highest BCUT2D eigenvalue weighted by Gasteiger charge is 2.17. The Hall–Kier alpha value is -0.650. The fourth-order valence-electron chi connectivity index (χ4n) is 1.36. The molecular formula is C11H13NO2S2. The average molecular weight is 255 g/mol. The van der Waals surface area contributed by atoms with Gasteiger partial charge < -0.3 is 9.64 Å². The summed E-state index contributed by atoms with van der Waals surface area (Å²) in [7, 11) is 2.79. The maximum absolute atomic E-state index is 11.8. The highest BCUT2D eigenvalue weighted by molar-refractivity contribution is 8.82. The summed E-state index contributed by atoms with van der Waals surface area (Å²) in [6, 6.07) is 9.93. The predicted molar refractivity (Wildman–Crippen MR) is 67.7 cm³/mol. The third-order valence-corrected chi connectivity index (χ3v) is 4.43. The number of nitrogens with zero attached hydrogens (tertiary/aromatic N) is 1. The molecule has 3 nitrogen and oxygen atoms in total. The molecule has 86 valence electrons. The Morgan fingerprint density at radius 3 is 2.56 bits per heavy atom. The van der Waals surface area contributed by atoms with Crippen molar-refractivity contribution < 1.29 is 9.53 Å². The van der Waals surface area contributed by atoms with E-state index < -0.39 is 0 Å². The van der Waals surface area contributed by atoms with Crippen molar-refractivity contribution in [3.8, 4) is 0 Å². The lowest BCUT2D eigenvalue weighted by molar-refractivity contribution is 0.0593. The van der Waals surface area contributed by atoms with E-state index in [0.717, 1.165) is 4.90 Å². The van der Waals surface area contributed by atoms with Crippen LogP contribution in [0.25, 0.3) is 0 Å². The molecule has 0 saturated carbocycles. The van der Waals surface area contributed by atoms with Gasteiger partial charge >= 0.3 is 0 Å². The van der Waals surface area contributed by atoms with Crippen LogP contribution in [-0.4, -0.2) is 36.4 Å². The molecule has 1 aliphatic rings. The van der Waals surface area contributed by atoms with E-state index in [4.69, 9.17) is 4.74 Å². The molecule has 0 aliphatic carbocycles. The first-order chi connectivity index (χ1) is 7.86. The highest BCUT2D eigenvalue weighted by Crippen LogP contribution is 2.32. The second kappa shape index (κ2) is 6.18. The fraction of sp³-hybridized carbons (Fsp3) is 0.364. The third-order valence-electron chi connectivity index (χ3n) is 2.22. The summed E-state index contributed by atoms with van der Waals surface area (Å²) in [5.74, 6) is 0. The lowest BCUT2D eigenvalue weighted by Crippen LogP contribution is -2.38. The lowest BCUT2D eigenvalue weighted by Gasteiger charge is -2.25. The van der Waals surface area contributed by atoms with E-state index in [-0.39, 0.29) is 5.24 Å². The Balaban J connectivity index is 1.79. The van der Waals surface area contributed by atoms with Gasteiger partial charge in [0.1, 0.15) is 0 Å². The third kappa shape index (κ3) is 3.43. The maximum Gasteiger partial charge on any atom is 0.292 e. The molecule has 1 aliphatic heterocycles. The first-order valence-corrected chi connectivity index (χ1v) is 7.27. The molecule has 0 atom stereocenters. The van der Waals surface area contributed by atoms with Crippen molar-refractivity contribution >= 4 is 26.8 Å². The number of benzene rings is 1. The van der Waals surface area contributed by atoms with Gasteiger partial charge in [-0.2, -0.15) is 0 Å². The Morgan fingerprint density at radius 1 is 1.19 bits per heavy atom. The molecule has 1 saturated heterocycles. The maximum atomic E-state index is 11.8. The summed E-state index contributed by atoms with van der Waals surface area (Å²) < 4.78 is 5.20. The number of rotatable bonds is 2. The van der Waals surface area contributed by atoms with Gasteiger partial charge in [0.15, 0.2) is 0 Å². The summed E-state index contributed by atoms with van der Waals surface area (Å²) >= 11 is 0. The van der Waals surface area contributed by atoms with Gasteiger partial charge in [-0.15, -0.1) is 0 Å². The van der Waals surface area contributed by atoms with Crippen LogP contribution >= 0.6 is 21.6 Å². The fourth-order valence-corrected chi connectivity index (χ4v) is 3.23. The monoisotopic (exact) mass is 255 g/mol. The minimum Gasteiger partial charge on any atom is -0.378 e. The molecule has 0 bridgehead atoms. The van der Waals surface area contributed by atoms with Crippen LogP contribution in [0.5, 0.6) is 0 Å². The largest absolute Gasteiger partial charge is 0.378 e. The van der Waals surface area contributed by atoms with Crippen LogP contribution in [0.3, 0.4) is 0 Å². The van der Waals surface area contributed by atoms with Gasteiger partial charge in [-0.05, 0) is 22.9 Å². The molecular weight excluding hydrogens is 242 g/mol. The summed E-state index contributed by atoms with van der Waals surface area (Å²) in [6.07, 6.45) is 0. The van der Waals surface area contributed by atoms with Crippen LogP contribution in [-0.2, 0) is 4.74 Å². The first kappa shape index (κ1) is 11.8. The van der Waals surface area contributed by atoms with Crippen molar-refractivity contribution in [2.75, 3.05) is 26.3 Å². The quantitative estimate of drug-likeness (QED) is 0.760. The zero-order valence-electron chi connectivity index (χ0n) is 8.80. The molecule has 5 heteroatoms. The zero-order valence-corrected chi connectivity index (χ0v) is 10.4.